The first kappa shape index (κ1) is 16.6. The number of urea groups is 1. The Balaban J connectivity index is 1.89. The molecular formula is C15H20N4O4. The van der Waals surface area contributed by atoms with Crippen LogP contribution in [0, 0.1) is 0 Å². The van der Waals surface area contributed by atoms with Gasteiger partial charge in [0.05, 0.1) is 6.54 Å². The predicted molar refractivity (Wildman–Crippen MR) is 85.4 cm³/mol. The van der Waals surface area contributed by atoms with E-state index in [1.807, 2.05) is 6.92 Å². The summed E-state index contributed by atoms with van der Waals surface area (Å²) in [6, 6.07) is 5.69. The molecule has 1 atom stereocenters. The minimum Gasteiger partial charge on any atom is -0.447 e. The Hall–Kier alpha value is -2.77. The predicted octanol–water partition coefficient (Wildman–Crippen LogP) is 1.29. The number of likely N-dealkylation sites (N-methyl/N-ethyl adjacent to an activating group) is 1. The number of benzene rings is 1. The Labute approximate surface area is 134 Å². The first-order chi connectivity index (χ1) is 11.0. The van der Waals surface area contributed by atoms with Gasteiger partial charge >= 0.3 is 12.1 Å². The van der Waals surface area contributed by atoms with Crippen molar-refractivity contribution in [2.45, 2.75) is 19.9 Å². The molecule has 1 aromatic carbocycles. The summed E-state index contributed by atoms with van der Waals surface area (Å²) in [6.45, 7) is 4.80. The van der Waals surface area contributed by atoms with Crippen molar-refractivity contribution in [2.75, 3.05) is 29.9 Å². The first-order valence-electron chi connectivity index (χ1n) is 7.41. The standard InChI is InChI=1S/C15H20N4O4/c1-3-16-13(20)10(2)17-14(21)18-11-4-6-12(7-5-11)19-8-9-23-15(19)22/h4-7,10H,3,8-9H2,1-2H3,(H,16,20)(H2,17,18,21)/t10-/m1/s1. The fraction of sp³-hybridized carbons (Fsp3) is 0.400. The smallest absolute Gasteiger partial charge is 0.414 e. The average Bonchev–Trinajstić information content (AvgIpc) is 2.94. The molecule has 23 heavy (non-hydrogen) atoms. The van der Waals surface area contributed by atoms with Crippen LogP contribution in [-0.4, -0.2) is 43.8 Å². The fourth-order valence-electron chi connectivity index (χ4n) is 2.11. The summed E-state index contributed by atoms with van der Waals surface area (Å²) in [5.74, 6) is -0.245. The van der Waals surface area contributed by atoms with Crippen molar-refractivity contribution in [3.8, 4) is 0 Å². The third-order valence-corrected chi connectivity index (χ3v) is 3.29. The molecule has 1 fully saturated rings. The Kier molecular flexibility index (Phi) is 5.40. The van der Waals surface area contributed by atoms with Crippen molar-refractivity contribution < 1.29 is 19.1 Å². The van der Waals surface area contributed by atoms with Gasteiger partial charge in [0.15, 0.2) is 0 Å². The van der Waals surface area contributed by atoms with Crippen molar-refractivity contribution >= 4 is 29.4 Å². The summed E-state index contributed by atoms with van der Waals surface area (Å²) in [6.07, 6.45) is -0.376. The zero-order chi connectivity index (χ0) is 16.8. The second kappa shape index (κ2) is 7.48. The zero-order valence-corrected chi connectivity index (χ0v) is 13.1. The van der Waals surface area contributed by atoms with Gasteiger partial charge in [-0.3, -0.25) is 9.69 Å². The van der Waals surface area contributed by atoms with E-state index in [1.54, 1.807) is 31.2 Å². The van der Waals surface area contributed by atoms with Gasteiger partial charge in [0.1, 0.15) is 12.6 Å². The summed E-state index contributed by atoms with van der Waals surface area (Å²) in [5.41, 5.74) is 1.26. The minimum absolute atomic E-state index is 0.245. The van der Waals surface area contributed by atoms with Gasteiger partial charge in [0, 0.05) is 17.9 Å². The molecule has 124 valence electrons. The molecular weight excluding hydrogens is 300 g/mol. The van der Waals surface area contributed by atoms with E-state index in [9.17, 15) is 14.4 Å². The summed E-state index contributed by atoms with van der Waals surface area (Å²) in [7, 11) is 0. The van der Waals surface area contributed by atoms with E-state index in [0.717, 1.165) is 0 Å². The van der Waals surface area contributed by atoms with Crippen LogP contribution in [0.4, 0.5) is 21.0 Å². The van der Waals surface area contributed by atoms with Crippen molar-refractivity contribution in [1.82, 2.24) is 10.6 Å². The van der Waals surface area contributed by atoms with Crippen LogP contribution in [0.1, 0.15) is 13.8 Å². The lowest BCUT2D eigenvalue weighted by atomic mass is 10.2. The number of ether oxygens (including phenoxy) is 1. The molecule has 0 radical (unpaired) electrons. The van der Waals surface area contributed by atoms with Crippen LogP contribution in [0.2, 0.25) is 0 Å². The van der Waals surface area contributed by atoms with Gasteiger partial charge in [-0.15, -0.1) is 0 Å². The maximum absolute atomic E-state index is 11.8. The quantitative estimate of drug-likeness (QED) is 0.761. The minimum atomic E-state index is -0.631. The lowest BCUT2D eigenvalue weighted by Crippen LogP contribution is -2.46. The molecule has 0 unspecified atom stereocenters. The highest BCUT2D eigenvalue weighted by atomic mass is 16.6. The molecule has 8 heteroatoms. The number of cyclic esters (lactones) is 1. The van der Waals surface area contributed by atoms with Crippen LogP contribution in [0.25, 0.3) is 0 Å². The molecule has 1 heterocycles. The number of hydrogen-bond donors (Lipinski definition) is 3. The Bertz CT molecular complexity index is 588. The Morgan fingerprint density at radius 3 is 2.57 bits per heavy atom. The van der Waals surface area contributed by atoms with Gasteiger partial charge in [0.25, 0.3) is 0 Å². The Morgan fingerprint density at radius 2 is 2.00 bits per heavy atom. The maximum Gasteiger partial charge on any atom is 0.414 e. The molecule has 3 N–H and O–H groups in total. The molecule has 0 saturated carbocycles. The average molecular weight is 320 g/mol. The first-order valence-corrected chi connectivity index (χ1v) is 7.41. The van der Waals surface area contributed by atoms with E-state index >= 15 is 0 Å². The van der Waals surface area contributed by atoms with Crippen LogP contribution in [0.15, 0.2) is 24.3 Å². The van der Waals surface area contributed by atoms with Gasteiger partial charge < -0.3 is 20.7 Å². The second-order valence-corrected chi connectivity index (χ2v) is 5.03. The van der Waals surface area contributed by atoms with Gasteiger partial charge in [-0.2, -0.15) is 0 Å². The molecule has 0 aliphatic carbocycles. The molecule has 1 aliphatic heterocycles. The fourth-order valence-corrected chi connectivity index (χ4v) is 2.11. The number of carbonyl (C=O) groups excluding carboxylic acids is 3. The number of nitrogens with zero attached hydrogens (tertiary/aromatic N) is 1. The van der Waals surface area contributed by atoms with Gasteiger partial charge in [-0.1, -0.05) is 0 Å². The molecule has 8 nitrogen and oxygen atoms in total. The second-order valence-electron chi connectivity index (χ2n) is 5.03. The van der Waals surface area contributed by atoms with Crippen LogP contribution < -0.4 is 20.9 Å². The summed E-state index contributed by atoms with van der Waals surface area (Å²) in [4.78, 5) is 36.4. The molecule has 0 spiro atoms. The lowest BCUT2D eigenvalue weighted by Gasteiger charge is -2.15. The van der Waals surface area contributed by atoms with Crippen molar-refractivity contribution in [3.05, 3.63) is 24.3 Å². The summed E-state index contributed by atoms with van der Waals surface area (Å²) in [5, 5.41) is 7.80. The van der Waals surface area contributed by atoms with E-state index in [0.29, 0.717) is 31.1 Å². The SMILES string of the molecule is CCNC(=O)[C@@H](C)NC(=O)Nc1ccc(N2CCOC2=O)cc1. The van der Waals surface area contributed by atoms with Crippen LogP contribution >= 0.6 is 0 Å². The molecule has 1 aliphatic rings. The summed E-state index contributed by atoms with van der Waals surface area (Å²) >= 11 is 0. The third-order valence-electron chi connectivity index (χ3n) is 3.29. The van der Waals surface area contributed by atoms with Crippen LogP contribution in [-0.2, 0) is 9.53 Å². The number of carbonyl (C=O) groups is 3. The van der Waals surface area contributed by atoms with Crippen LogP contribution in [0.5, 0.6) is 0 Å². The van der Waals surface area contributed by atoms with Gasteiger partial charge in [-0.25, -0.2) is 9.59 Å². The monoisotopic (exact) mass is 320 g/mol. The highest BCUT2D eigenvalue weighted by molar-refractivity contribution is 5.94. The van der Waals surface area contributed by atoms with Gasteiger partial charge in [-0.05, 0) is 38.1 Å². The van der Waals surface area contributed by atoms with Crippen molar-refractivity contribution in [3.63, 3.8) is 0 Å². The van der Waals surface area contributed by atoms with Gasteiger partial charge in [0.2, 0.25) is 5.91 Å². The molecule has 0 bridgehead atoms. The number of amides is 4. The van der Waals surface area contributed by atoms with E-state index < -0.39 is 12.1 Å². The molecule has 0 aromatic heterocycles. The summed E-state index contributed by atoms with van der Waals surface area (Å²) < 4.78 is 4.87. The lowest BCUT2D eigenvalue weighted by molar-refractivity contribution is -0.122. The highest BCUT2D eigenvalue weighted by Crippen LogP contribution is 2.20. The molecule has 2 rings (SSSR count). The highest BCUT2D eigenvalue weighted by Gasteiger charge is 2.23. The van der Waals surface area contributed by atoms with E-state index in [-0.39, 0.29) is 12.0 Å². The number of nitrogens with one attached hydrogen (secondary N) is 3. The van der Waals surface area contributed by atoms with Crippen molar-refractivity contribution in [1.29, 1.82) is 0 Å². The van der Waals surface area contributed by atoms with Crippen molar-refractivity contribution in [2.24, 2.45) is 0 Å². The molecule has 1 aromatic rings. The molecule has 1 saturated heterocycles. The topological polar surface area (TPSA) is 99.8 Å². The molecule has 4 amide bonds. The zero-order valence-electron chi connectivity index (χ0n) is 13.1. The number of anilines is 2. The van der Waals surface area contributed by atoms with E-state index in [2.05, 4.69) is 16.0 Å². The van der Waals surface area contributed by atoms with Crippen LogP contribution in [0.3, 0.4) is 0 Å². The normalized spacial score (nSPS) is 14.9. The largest absolute Gasteiger partial charge is 0.447 e. The van der Waals surface area contributed by atoms with E-state index in [4.69, 9.17) is 4.74 Å². The number of rotatable bonds is 5. The number of hydrogen-bond acceptors (Lipinski definition) is 4. The van der Waals surface area contributed by atoms with E-state index in [1.165, 1.54) is 4.90 Å². The maximum atomic E-state index is 11.8. The third kappa shape index (κ3) is 4.35. The Morgan fingerprint density at radius 1 is 1.30 bits per heavy atom.